The second-order valence-electron chi connectivity index (χ2n) is 9.39. The number of carbonyl (C=O) groups excluding carboxylic acids is 1. The number of hydrogen-bond acceptors (Lipinski definition) is 9. The fraction of sp³-hybridized carbons (Fsp3) is 0.292. The van der Waals surface area contributed by atoms with Crippen molar-refractivity contribution in [3.8, 4) is 28.7 Å². The Morgan fingerprint density at radius 2 is 1.95 bits per heavy atom. The Morgan fingerprint density at radius 3 is 2.68 bits per heavy atom. The van der Waals surface area contributed by atoms with E-state index in [4.69, 9.17) is 8.37 Å². The van der Waals surface area contributed by atoms with Crippen molar-refractivity contribution < 1.29 is 26.0 Å². The minimum absolute atomic E-state index is 0.0606. The van der Waals surface area contributed by atoms with Crippen LogP contribution in [0.4, 0.5) is 10.2 Å². The molecule has 0 radical (unpaired) electrons. The Labute approximate surface area is 216 Å². The van der Waals surface area contributed by atoms with Gasteiger partial charge in [0.1, 0.15) is 23.4 Å². The van der Waals surface area contributed by atoms with Gasteiger partial charge in [-0.25, -0.2) is 14.4 Å². The summed E-state index contributed by atoms with van der Waals surface area (Å²) in [5.74, 6) is -2.39. The van der Waals surface area contributed by atoms with Crippen molar-refractivity contribution in [1.82, 2.24) is 29.3 Å². The molecule has 0 saturated heterocycles. The largest absolute Gasteiger partial charge is 0.501 e. The average molecular weight is 540 g/mol. The number of amides is 1. The summed E-state index contributed by atoms with van der Waals surface area (Å²) < 4.78 is 53.8. The van der Waals surface area contributed by atoms with Crippen LogP contribution in [0, 0.1) is 12.7 Å². The number of anilines is 1. The zero-order chi connectivity index (χ0) is 26.8. The highest BCUT2D eigenvalue weighted by atomic mass is 32.3. The van der Waals surface area contributed by atoms with Gasteiger partial charge in [-0.3, -0.25) is 4.79 Å². The molecule has 14 heteroatoms. The van der Waals surface area contributed by atoms with Crippen molar-refractivity contribution in [2.24, 2.45) is 0 Å². The number of carbonyl (C=O) groups is 1. The van der Waals surface area contributed by atoms with Gasteiger partial charge in [-0.2, -0.15) is 0 Å². The van der Waals surface area contributed by atoms with Crippen LogP contribution in [0.25, 0.3) is 17.2 Å². The SMILES string of the molecule is Cc1c2c(F)c(C(=O)Nc3cccc(-c4nncn4C(C)C)n3)c(c1-n1cnc(C3CC3)c1)OS(=O)(=O)O2. The molecule has 1 saturated carbocycles. The molecule has 1 fully saturated rings. The van der Waals surface area contributed by atoms with E-state index in [-0.39, 0.29) is 23.1 Å². The van der Waals surface area contributed by atoms with Gasteiger partial charge >= 0.3 is 10.4 Å². The van der Waals surface area contributed by atoms with E-state index < -0.39 is 39.2 Å². The maximum Gasteiger partial charge on any atom is 0.501 e. The van der Waals surface area contributed by atoms with Crippen molar-refractivity contribution in [3.63, 3.8) is 0 Å². The van der Waals surface area contributed by atoms with Gasteiger partial charge in [0, 0.05) is 23.7 Å². The molecule has 4 aromatic rings. The van der Waals surface area contributed by atoms with Crippen LogP contribution in [0.3, 0.4) is 0 Å². The van der Waals surface area contributed by atoms with E-state index in [0.29, 0.717) is 17.4 Å². The van der Waals surface area contributed by atoms with Gasteiger partial charge in [0.25, 0.3) is 5.91 Å². The standard InChI is InChI=1S/C24H22FN7O5S/c1-12(2)32-11-27-30-23(32)15-5-4-6-17(28-15)29-24(33)18-19(25)21-13(3)20(22(18)37-38(34,35)36-21)31-9-16(26-10-31)14-7-8-14/h4-6,9-12,14H,7-8H2,1-3H3,(H,28,29,33). The fourth-order valence-corrected chi connectivity index (χ4v) is 5.15. The average Bonchev–Trinajstić information content (AvgIpc) is 3.43. The Balaban J connectivity index is 1.42. The number of imidazole rings is 1. The second-order valence-corrected chi connectivity index (χ2v) is 10.5. The molecule has 0 spiro atoms. The number of rotatable bonds is 6. The van der Waals surface area contributed by atoms with Gasteiger partial charge in [0.05, 0.1) is 17.7 Å². The summed E-state index contributed by atoms with van der Waals surface area (Å²) in [7, 11) is -4.69. The first-order valence-electron chi connectivity index (χ1n) is 11.9. The first kappa shape index (κ1) is 24.0. The number of benzene rings is 1. The lowest BCUT2D eigenvalue weighted by Crippen LogP contribution is -2.18. The second kappa shape index (κ2) is 8.62. The van der Waals surface area contributed by atoms with Gasteiger partial charge in [0.2, 0.25) is 0 Å². The molecular weight excluding hydrogens is 517 g/mol. The van der Waals surface area contributed by atoms with Gasteiger partial charge in [-0.15, -0.1) is 18.6 Å². The van der Waals surface area contributed by atoms with Gasteiger partial charge in [-0.1, -0.05) is 6.07 Å². The summed E-state index contributed by atoms with van der Waals surface area (Å²) in [4.78, 5) is 22.2. The summed E-state index contributed by atoms with van der Waals surface area (Å²) in [6.07, 6.45) is 6.75. The molecule has 1 aromatic carbocycles. The highest BCUT2D eigenvalue weighted by molar-refractivity contribution is 7.82. The summed E-state index contributed by atoms with van der Waals surface area (Å²) >= 11 is 0. The molecule has 5 heterocycles. The molecule has 12 nitrogen and oxygen atoms in total. The quantitative estimate of drug-likeness (QED) is 0.388. The van der Waals surface area contributed by atoms with Crippen LogP contribution < -0.4 is 13.7 Å². The van der Waals surface area contributed by atoms with Gasteiger partial charge < -0.3 is 22.8 Å². The van der Waals surface area contributed by atoms with Crippen LogP contribution >= 0.6 is 0 Å². The van der Waals surface area contributed by atoms with Crippen molar-refractivity contribution in [3.05, 3.63) is 59.7 Å². The number of pyridine rings is 1. The van der Waals surface area contributed by atoms with Gasteiger partial charge in [-0.05, 0) is 45.7 Å². The third-order valence-electron chi connectivity index (χ3n) is 6.36. The molecule has 2 aliphatic heterocycles. The molecule has 0 unspecified atom stereocenters. The molecular formula is C24H22FN7O5S. The number of fused-ring (bicyclic) bond motifs is 4. The molecule has 3 aromatic heterocycles. The van der Waals surface area contributed by atoms with Crippen molar-refractivity contribution in [1.29, 1.82) is 0 Å². The molecule has 1 aliphatic carbocycles. The lowest BCUT2D eigenvalue weighted by Gasteiger charge is -2.15. The van der Waals surface area contributed by atoms with E-state index >= 15 is 4.39 Å². The Bertz CT molecular complexity index is 1710. The Hall–Kier alpha value is -4.33. The normalized spacial score (nSPS) is 15.7. The summed E-state index contributed by atoms with van der Waals surface area (Å²) in [5, 5.41) is 10.6. The predicted molar refractivity (Wildman–Crippen MR) is 132 cm³/mol. The Morgan fingerprint density at radius 1 is 1.18 bits per heavy atom. The third-order valence-corrected chi connectivity index (χ3v) is 7.10. The minimum atomic E-state index is -4.69. The van der Waals surface area contributed by atoms with Crippen LogP contribution in [0.5, 0.6) is 11.5 Å². The first-order valence-corrected chi connectivity index (χ1v) is 13.2. The van der Waals surface area contributed by atoms with Crippen LogP contribution in [-0.2, 0) is 10.4 Å². The third kappa shape index (κ3) is 4.06. The van der Waals surface area contributed by atoms with Crippen molar-refractivity contribution >= 4 is 22.1 Å². The fourth-order valence-electron chi connectivity index (χ4n) is 4.35. The highest BCUT2D eigenvalue weighted by Crippen LogP contribution is 2.45. The van der Waals surface area contributed by atoms with Crippen molar-refractivity contribution in [2.75, 3.05) is 5.32 Å². The number of hydrogen-bond donors (Lipinski definition) is 1. The van der Waals surface area contributed by atoms with Crippen LogP contribution in [0.2, 0.25) is 0 Å². The minimum Gasteiger partial charge on any atom is -0.350 e. The van der Waals surface area contributed by atoms with Crippen molar-refractivity contribution in [2.45, 2.75) is 45.6 Å². The van der Waals surface area contributed by atoms with Crippen LogP contribution in [0.15, 0.2) is 37.1 Å². The zero-order valence-electron chi connectivity index (χ0n) is 20.5. The van der Waals surface area contributed by atoms with E-state index in [1.165, 1.54) is 23.9 Å². The summed E-state index contributed by atoms with van der Waals surface area (Å²) in [5.41, 5.74) is 0.880. The van der Waals surface area contributed by atoms with E-state index in [1.54, 1.807) is 24.7 Å². The number of aromatic nitrogens is 6. The molecule has 1 amide bonds. The van der Waals surface area contributed by atoms with Crippen LogP contribution in [0.1, 0.15) is 60.3 Å². The molecule has 38 heavy (non-hydrogen) atoms. The molecule has 7 rings (SSSR count). The van der Waals surface area contributed by atoms with Gasteiger partial charge in [0.15, 0.2) is 23.1 Å². The molecule has 196 valence electrons. The first-order chi connectivity index (χ1) is 18.1. The van der Waals surface area contributed by atoms with E-state index in [2.05, 4.69) is 25.5 Å². The Kier molecular flexibility index (Phi) is 5.45. The number of halogens is 1. The van der Waals surface area contributed by atoms with E-state index in [9.17, 15) is 13.2 Å². The zero-order valence-corrected chi connectivity index (χ0v) is 21.4. The summed E-state index contributed by atoms with van der Waals surface area (Å²) in [6.45, 7) is 5.40. The summed E-state index contributed by atoms with van der Waals surface area (Å²) in [6, 6.07) is 4.91. The lowest BCUT2D eigenvalue weighted by molar-refractivity contribution is 0.102. The predicted octanol–water partition coefficient (Wildman–Crippen LogP) is 3.70. The molecule has 1 N–H and O–H groups in total. The van der Waals surface area contributed by atoms with E-state index in [0.717, 1.165) is 18.5 Å². The molecule has 3 aliphatic rings. The lowest BCUT2D eigenvalue weighted by atomic mass is 10.0. The number of nitrogens with zero attached hydrogens (tertiary/aromatic N) is 6. The molecule has 0 atom stereocenters. The topological polar surface area (TPSA) is 143 Å². The maximum absolute atomic E-state index is 15.6. The maximum atomic E-state index is 15.6. The van der Waals surface area contributed by atoms with Crippen LogP contribution in [-0.4, -0.2) is 43.6 Å². The molecule has 2 bridgehead atoms. The highest BCUT2D eigenvalue weighted by Gasteiger charge is 2.39. The van der Waals surface area contributed by atoms with E-state index in [1.807, 2.05) is 18.4 Å². The monoisotopic (exact) mass is 539 g/mol. The smallest absolute Gasteiger partial charge is 0.350 e. The number of nitrogens with one attached hydrogen (secondary N) is 1.